The van der Waals surface area contributed by atoms with E-state index in [1.54, 1.807) is 6.07 Å². The van der Waals surface area contributed by atoms with E-state index in [-0.39, 0.29) is 34.5 Å². The summed E-state index contributed by atoms with van der Waals surface area (Å²) in [5, 5.41) is 9.13. The molecule has 1 aliphatic rings. The lowest BCUT2D eigenvalue weighted by Gasteiger charge is -2.18. The Morgan fingerprint density at radius 1 is 1.18 bits per heavy atom. The van der Waals surface area contributed by atoms with E-state index in [1.807, 2.05) is 6.07 Å². The minimum atomic E-state index is -4.62. The fourth-order valence-corrected chi connectivity index (χ4v) is 3.85. The van der Waals surface area contributed by atoms with Crippen LogP contribution in [0, 0.1) is 18.3 Å². The summed E-state index contributed by atoms with van der Waals surface area (Å²) in [6.45, 7) is 1.46. The number of sulfonamides is 1. The van der Waals surface area contributed by atoms with Crippen molar-refractivity contribution < 1.29 is 26.3 Å². The highest BCUT2D eigenvalue weighted by molar-refractivity contribution is 7.92. The van der Waals surface area contributed by atoms with Crippen molar-refractivity contribution in [1.29, 1.82) is 5.26 Å². The van der Waals surface area contributed by atoms with Crippen molar-refractivity contribution in [2.75, 3.05) is 11.0 Å². The molecule has 1 fully saturated rings. The van der Waals surface area contributed by atoms with Crippen molar-refractivity contribution in [2.45, 2.75) is 31.9 Å². The van der Waals surface area contributed by atoms with Crippen LogP contribution in [0.4, 0.5) is 18.9 Å². The van der Waals surface area contributed by atoms with Crippen molar-refractivity contribution in [2.24, 2.45) is 0 Å². The third-order valence-corrected chi connectivity index (χ3v) is 5.55. The first-order valence-corrected chi connectivity index (χ1v) is 11.9. The second-order valence-corrected chi connectivity index (χ2v) is 9.66. The standard InChI is InChI=1S/C22H18F3N5O3S/c1-12-7-18(22(23,24)25)29-19(14-3-4-14)20(12)33-21-17(30-34(2,31)32)6-5-16(28-21)15-8-13(9-26)10-27-11-15/h5-8,10-11,14,30H,3-4H2,1-2H3. The molecule has 4 rings (SSSR count). The zero-order chi connectivity index (χ0) is 24.7. The van der Waals surface area contributed by atoms with Gasteiger partial charge < -0.3 is 4.74 Å². The third-order valence-electron chi connectivity index (χ3n) is 4.96. The first-order valence-electron chi connectivity index (χ1n) is 10.1. The van der Waals surface area contributed by atoms with Crippen molar-refractivity contribution in [3.05, 3.63) is 59.2 Å². The van der Waals surface area contributed by atoms with Crippen LogP contribution in [0.1, 0.15) is 41.3 Å². The number of nitriles is 1. The lowest BCUT2D eigenvalue weighted by molar-refractivity contribution is -0.141. The summed E-state index contributed by atoms with van der Waals surface area (Å²) in [6.07, 6.45) is 0.506. The minimum absolute atomic E-state index is 0.00306. The number of hydrogen-bond acceptors (Lipinski definition) is 7. The molecule has 0 atom stereocenters. The van der Waals surface area contributed by atoms with E-state index in [9.17, 15) is 21.6 Å². The number of anilines is 1. The van der Waals surface area contributed by atoms with Gasteiger partial charge in [-0.3, -0.25) is 9.71 Å². The number of pyridine rings is 3. The topological polar surface area (TPSA) is 118 Å². The Morgan fingerprint density at radius 2 is 1.91 bits per heavy atom. The van der Waals surface area contributed by atoms with Crippen LogP contribution >= 0.6 is 0 Å². The second kappa shape index (κ2) is 8.57. The molecule has 176 valence electrons. The Labute approximate surface area is 193 Å². The van der Waals surface area contributed by atoms with E-state index in [4.69, 9.17) is 10.00 Å². The molecule has 1 N–H and O–H groups in total. The number of nitrogens with one attached hydrogen (secondary N) is 1. The summed E-state index contributed by atoms with van der Waals surface area (Å²) in [5.74, 6) is -0.264. The molecule has 8 nitrogen and oxygen atoms in total. The summed E-state index contributed by atoms with van der Waals surface area (Å²) in [7, 11) is -3.72. The van der Waals surface area contributed by atoms with Gasteiger partial charge in [0.15, 0.2) is 5.75 Å². The van der Waals surface area contributed by atoms with Crippen molar-refractivity contribution in [3.8, 4) is 29.0 Å². The molecule has 3 aromatic rings. The third kappa shape index (κ3) is 5.26. The van der Waals surface area contributed by atoms with Crippen LogP contribution in [0.25, 0.3) is 11.3 Å². The van der Waals surface area contributed by atoms with Gasteiger partial charge in [-0.25, -0.2) is 18.4 Å². The van der Waals surface area contributed by atoms with Gasteiger partial charge in [0, 0.05) is 23.9 Å². The van der Waals surface area contributed by atoms with Gasteiger partial charge in [-0.05, 0) is 49.6 Å². The highest BCUT2D eigenvalue weighted by atomic mass is 32.2. The Bertz CT molecular complexity index is 1410. The van der Waals surface area contributed by atoms with Crippen LogP contribution in [0.3, 0.4) is 0 Å². The van der Waals surface area contributed by atoms with Crippen LogP contribution in [0.5, 0.6) is 11.6 Å². The summed E-state index contributed by atoms with van der Waals surface area (Å²) in [6, 6.07) is 7.33. The number of halogens is 3. The summed E-state index contributed by atoms with van der Waals surface area (Å²) >= 11 is 0. The van der Waals surface area contributed by atoms with Crippen molar-refractivity contribution in [1.82, 2.24) is 15.0 Å². The lowest BCUT2D eigenvalue weighted by Crippen LogP contribution is -2.13. The maximum Gasteiger partial charge on any atom is 0.433 e. The molecule has 1 aliphatic carbocycles. The molecular formula is C22H18F3N5O3S. The lowest BCUT2D eigenvalue weighted by atomic mass is 10.1. The minimum Gasteiger partial charge on any atom is -0.435 e. The average Bonchev–Trinajstić information content (AvgIpc) is 3.59. The molecule has 0 bridgehead atoms. The van der Waals surface area contributed by atoms with Gasteiger partial charge in [0.2, 0.25) is 15.9 Å². The van der Waals surface area contributed by atoms with Crippen LogP contribution in [-0.4, -0.2) is 29.6 Å². The molecule has 34 heavy (non-hydrogen) atoms. The van der Waals surface area contributed by atoms with E-state index < -0.39 is 21.9 Å². The molecular weight excluding hydrogens is 471 g/mol. The van der Waals surface area contributed by atoms with Gasteiger partial charge in [0.05, 0.1) is 23.2 Å². The number of rotatable bonds is 6. The van der Waals surface area contributed by atoms with Crippen molar-refractivity contribution in [3.63, 3.8) is 0 Å². The van der Waals surface area contributed by atoms with Gasteiger partial charge in [0.25, 0.3) is 0 Å². The number of aromatic nitrogens is 3. The smallest absolute Gasteiger partial charge is 0.433 e. The zero-order valence-corrected chi connectivity index (χ0v) is 18.8. The fourth-order valence-electron chi connectivity index (χ4n) is 3.29. The fraction of sp³-hybridized carbons (Fsp3) is 0.273. The number of hydrogen-bond donors (Lipinski definition) is 1. The Balaban J connectivity index is 1.83. The van der Waals surface area contributed by atoms with Gasteiger partial charge in [0.1, 0.15) is 17.5 Å². The van der Waals surface area contributed by atoms with E-state index in [2.05, 4.69) is 19.7 Å². The average molecular weight is 489 g/mol. The largest absolute Gasteiger partial charge is 0.435 e. The van der Waals surface area contributed by atoms with Gasteiger partial charge in [-0.15, -0.1) is 0 Å². The highest BCUT2D eigenvalue weighted by Crippen LogP contribution is 2.47. The van der Waals surface area contributed by atoms with Crippen LogP contribution in [0.15, 0.2) is 36.7 Å². The van der Waals surface area contributed by atoms with Gasteiger partial charge >= 0.3 is 6.18 Å². The molecule has 0 saturated heterocycles. The molecule has 1 saturated carbocycles. The predicted molar refractivity (Wildman–Crippen MR) is 117 cm³/mol. The molecule has 0 amide bonds. The Kier molecular flexibility index (Phi) is 5.91. The maximum absolute atomic E-state index is 13.3. The molecule has 12 heteroatoms. The molecule has 0 aromatic carbocycles. The summed E-state index contributed by atoms with van der Waals surface area (Å²) < 4.78 is 72.0. The molecule has 0 spiro atoms. The number of nitrogens with zero attached hydrogens (tertiary/aromatic N) is 4. The first-order chi connectivity index (χ1) is 15.9. The maximum atomic E-state index is 13.3. The van der Waals surface area contributed by atoms with E-state index in [1.165, 1.54) is 31.5 Å². The Morgan fingerprint density at radius 3 is 2.53 bits per heavy atom. The number of aryl methyl sites for hydroxylation is 1. The predicted octanol–water partition coefficient (Wildman–Crippen LogP) is 4.78. The van der Waals surface area contributed by atoms with E-state index in [0.29, 0.717) is 29.7 Å². The van der Waals surface area contributed by atoms with Crippen LogP contribution in [0.2, 0.25) is 0 Å². The van der Waals surface area contributed by atoms with E-state index in [0.717, 1.165) is 12.3 Å². The molecule has 3 aromatic heterocycles. The first kappa shape index (κ1) is 23.4. The van der Waals surface area contributed by atoms with Crippen LogP contribution < -0.4 is 9.46 Å². The molecule has 3 heterocycles. The van der Waals surface area contributed by atoms with Gasteiger partial charge in [-0.1, -0.05) is 0 Å². The zero-order valence-electron chi connectivity index (χ0n) is 18.0. The summed E-state index contributed by atoms with van der Waals surface area (Å²) in [4.78, 5) is 12.2. The summed E-state index contributed by atoms with van der Waals surface area (Å²) in [5.41, 5.74) is 0.405. The van der Waals surface area contributed by atoms with Crippen LogP contribution in [-0.2, 0) is 16.2 Å². The SMILES string of the molecule is Cc1cc(C(F)(F)F)nc(C2CC2)c1Oc1nc(-c2cncc(C#N)c2)ccc1NS(C)(=O)=O. The normalized spacial score (nSPS) is 13.9. The Hall–Kier alpha value is -3.72. The molecule has 0 aliphatic heterocycles. The number of alkyl halides is 3. The molecule has 0 unspecified atom stereocenters. The van der Waals surface area contributed by atoms with Gasteiger partial charge in [-0.2, -0.15) is 18.4 Å². The monoisotopic (exact) mass is 489 g/mol. The van der Waals surface area contributed by atoms with Crippen molar-refractivity contribution >= 4 is 15.7 Å². The second-order valence-electron chi connectivity index (χ2n) is 7.91. The number of ether oxygens (including phenoxy) is 1. The van der Waals surface area contributed by atoms with E-state index >= 15 is 0 Å². The molecule has 0 radical (unpaired) electrons. The highest BCUT2D eigenvalue weighted by Gasteiger charge is 2.37. The quantitative estimate of drug-likeness (QED) is 0.529.